The summed E-state index contributed by atoms with van der Waals surface area (Å²) in [5.41, 5.74) is 5.66. The van der Waals surface area contributed by atoms with Crippen LogP contribution >= 0.6 is 11.8 Å². The molecule has 0 saturated carbocycles. The molecular weight excluding hydrogens is 200 g/mol. The molecule has 2 N–H and O–H groups in total. The SMILES string of the molecule is CSc1nc(N)n(-c2ccncn2)n1. The van der Waals surface area contributed by atoms with Crippen molar-refractivity contribution in [3.8, 4) is 5.82 Å². The normalized spacial score (nSPS) is 10.4. The van der Waals surface area contributed by atoms with Gasteiger partial charge in [0.2, 0.25) is 11.1 Å². The maximum absolute atomic E-state index is 5.66. The van der Waals surface area contributed by atoms with E-state index in [0.717, 1.165) is 0 Å². The first-order valence-corrected chi connectivity index (χ1v) is 5.06. The topological polar surface area (TPSA) is 82.5 Å². The summed E-state index contributed by atoms with van der Waals surface area (Å²) >= 11 is 1.43. The molecule has 0 fully saturated rings. The van der Waals surface area contributed by atoms with E-state index in [4.69, 9.17) is 5.73 Å². The largest absolute Gasteiger partial charge is 0.368 e. The quantitative estimate of drug-likeness (QED) is 0.717. The van der Waals surface area contributed by atoms with E-state index in [1.165, 1.54) is 22.8 Å². The average Bonchev–Trinajstić information content (AvgIpc) is 2.61. The third-order valence-corrected chi connectivity index (χ3v) is 2.12. The third-order valence-electron chi connectivity index (χ3n) is 1.58. The highest BCUT2D eigenvalue weighted by molar-refractivity contribution is 7.98. The Morgan fingerprint density at radius 3 is 2.93 bits per heavy atom. The minimum atomic E-state index is 0.327. The van der Waals surface area contributed by atoms with Gasteiger partial charge >= 0.3 is 0 Å². The number of nitrogens with zero attached hydrogens (tertiary/aromatic N) is 5. The lowest BCUT2D eigenvalue weighted by Crippen LogP contribution is -2.04. The van der Waals surface area contributed by atoms with Crippen LogP contribution < -0.4 is 5.73 Å². The fourth-order valence-corrected chi connectivity index (χ4v) is 1.32. The van der Waals surface area contributed by atoms with Crippen molar-refractivity contribution in [2.45, 2.75) is 5.16 Å². The minimum Gasteiger partial charge on any atom is -0.368 e. The molecule has 0 atom stereocenters. The predicted molar refractivity (Wildman–Crippen MR) is 53.1 cm³/mol. The number of rotatable bonds is 2. The number of anilines is 1. The zero-order valence-corrected chi connectivity index (χ0v) is 8.27. The minimum absolute atomic E-state index is 0.327. The Bertz CT molecular complexity index is 425. The number of thioether (sulfide) groups is 1. The van der Waals surface area contributed by atoms with Gasteiger partial charge in [0.15, 0.2) is 5.82 Å². The van der Waals surface area contributed by atoms with E-state index in [1.807, 2.05) is 6.26 Å². The summed E-state index contributed by atoms with van der Waals surface area (Å²) in [5.74, 6) is 0.943. The molecule has 2 heterocycles. The van der Waals surface area contributed by atoms with E-state index >= 15 is 0 Å². The van der Waals surface area contributed by atoms with E-state index in [-0.39, 0.29) is 0 Å². The zero-order valence-electron chi connectivity index (χ0n) is 7.45. The van der Waals surface area contributed by atoms with Gasteiger partial charge in [-0.05, 0) is 6.26 Å². The van der Waals surface area contributed by atoms with E-state index in [1.54, 1.807) is 12.3 Å². The lowest BCUT2D eigenvalue weighted by Gasteiger charge is -1.98. The molecule has 2 aromatic heterocycles. The fraction of sp³-hybridized carbons (Fsp3) is 0.143. The van der Waals surface area contributed by atoms with Crippen LogP contribution in [0.4, 0.5) is 5.95 Å². The molecule has 7 heteroatoms. The van der Waals surface area contributed by atoms with Crippen LogP contribution in [0.1, 0.15) is 0 Å². The average molecular weight is 208 g/mol. The molecule has 0 aliphatic rings. The number of nitrogen functional groups attached to an aromatic ring is 1. The van der Waals surface area contributed by atoms with Crippen molar-refractivity contribution in [1.29, 1.82) is 0 Å². The van der Waals surface area contributed by atoms with Crippen LogP contribution in [0.5, 0.6) is 0 Å². The maximum Gasteiger partial charge on any atom is 0.225 e. The van der Waals surface area contributed by atoms with E-state index < -0.39 is 0 Å². The van der Waals surface area contributed by atoms with Crippen LogP contribution in [0.2, 0.25) is 0 Å². The number of aromatic nitrogens is 5. The van der Waals surface area contributed by atoms with Crippen molar-refractivity contribution in [2.24, 2.45) is 0 Å². The molecule has 0 aromatic carbocycles. The van der Waals surface area contributed by atoms with Crippen molar-refractivity contribution in [3.63, 3.8) is 0 Å². The van der Waals surface area contributed by atoms with Crippen molar-refractivity contribution in [3.05, 3.63) is 18.6 Å². The summed E-state index contributed by atoms with van der Waals surface area (Å²) in [6.45, 7) is 0. The summed E-state index contributed by atoms with van der Waals surface area (Å²) < 4.78 is 1.48. The molecule has 14 heavy (non-hydrogen) atoms. The zero-order chi connectivity index (χ0) is 9.97. The smallest absolute Gasteiger partial charge is 0.225 e. The van der Waals surface area contributed by atoms with Gasteiger partial charge in [0, 0.05) is 12.3 Å². The van der Waals surface area contributed by atoms with Crippen LogP contribution in [0, 0.1) is 0 Å². The molecular formula is C7H8N6S. The number of hydrogen-bond donors (Lipinski definition) is 1. The first-order valence-electron chi connectivity index (χ1n) is 3.84. The van der Waals surface area contributed by atoms with Gasteiger partial charge in [-0.2, -0.15) is 9.67 Å². The lowest BCUT2D eigenvalue weighted by molar-refractivity contribution is 0.811. The third kappa shape index (κ3) is 1.53. The van der Waals surface area contributed by atoms with Crippen LogP contribution in [0.3, 0.4) is 0 Å². The van der Waals surface area contributed by atoms with Crippen LogP contribution in [0.15, 0.2) is 23.7 Å². The summed E-state index contributed by atoms with van der Waals surface area (Å²) in [7, 11) is 0. The van der Waals surface area contributed by atoms with Crippen molar-refractivity contribution < 1.29 is 0 Å². The maximum atomic E-state index is 5.66. The van der Waals surface area contributed by atoms with Gasteiger partial charge in [0.25, 0.3) is 0 Å². The van der Waals surface area contributed by atoms with Gasteiger partial charge in [-0.3, -0.25) is 0 Å². The standard InChI is InChI=1S/C7H8N6S/c1-14-7-11-6(8)13(12-7)5-2-3-9-4-10-5/h2-4H,1H3,(H2,8,11,12). The summed E-state index contributed by atoms with van der Waals surface area (Å²) in [5, 5.41) is 4.78. The monoisotopic (exact) mass is 208 g/mol. The highest BCUT2D eigenvalue weighted by Crippen LogP contribution is 2.13. The van der Waals surface area contributed by atoms with Crippen molar-refractivity contribution >= 4 is 17.7 Å². The second-order valence-corrected chi connectivity index (χ2v) is 3.21. The van der Waals surface area contributed by atoms with Gasteiger partial charge in [-0.25, -0.2) is 9.97 Å². The molecule has 0 bridgehead atoms. The van der Waals surface area contributed by atoms with Gasteiger partial charge in [0.1, 0.15) is 6.33 Å². The van der Waals surface area contributed by atoms with E-state index in [2.05, 4.69) is 20.1 Å². The second kappa shape index (κ2) is 3.62. The highest BCUT2D eigenvalue weighted by Gasteiger charge is 2.07. The van der Waals surface area contributed by atoms with Gasteiger partial charge in [-0.15, -0.1) is 5.10 Å². The van der Waals surface area contributed by atoms with Crippen molar-refractivity contribution in [1.82, 2.24) is 24.7 Å². The summed E-state index contributed by atoms with van der Waals surface area (Å²) in [4.78, 5) is 11.9. The summed E-state index contributed by atoms with van der Waals surface area (Å²) in [6.07, 6.45) is 4.95. The first kappa shape index (κ1) is 8.95. The molecule has 0 aliphatic carbocycles. The highest BCUT2D eigenvalue weighted by atomic mass is 32.2. The Kier molecular flexibility index (Phi) is 2.32. The lowest BCUT2D eigenvalue weighted by atomic mass is 10.6. The predicted octanol–water partition coefficient (Wildman–Crippen LogP) is 0.361. The molecule has 0 spiro atoms. The van der Waals surface area contributed by atoms with Gasteiger partial charge < -0.3 is 5.73 Å². The molecule has 2 rings (SSSR count). The Morgan fingerprint density at radius 1 is 1.50 bits per heavy atom. The molecule has 0 saturated heterocycles. The first-order chi connectivity index (χ1) is 6.81. The molecule has 0 aliphatic heterocycles. The fourth-order valence-electron chi connectivity index (χ4n) is 0.969. The Morgan fingerprint density at radius 2 is 2.36 bits per heavy atom. The molecule has 72 valence electrons. The number of hydrogen-bond acceptors (Lipinski definition) is 6. The van der Waals surface area contributed by atoms with E-state index in [0.29, 0.717) is 16.9 Å². The van der Waals surface area contributed by atoms with Gasteiger partial charge in [-0.1, -0.05) is 11.8 Å². The molecule has 6 nitrogen and oxygen atoms in total. The van der Waals surface area contributed by atoms with Gasteiger partial charge in [0.05, 0.1) is 0 Å². The summed E-state index contributed by atoms with van der Waals surface area (Å²) in [6, 6.07) is 1.72. The Labute approximate surface area is 84.6 Å². The second-order valence-electron chi connectivity index (χ2n) is 2.44. The molecule has 0 unspecified atom stereocenters. The van der Waals surface area contributed by atoms with Crippen LogP contribution in [-0.4, -0.2) is 31.0 Å². The number of nitrogens with two attached hydrogens (primary N) is 1. The van der Waals surface area contributed by atoms with Crippen molar-refractivity contribution in [2.75, 3.05) is 12.0 Å². The Hall–Kier alpha value is -1.63. The Balaban J connectivity index is 2.46. The molecule has 0 radical (unpaired) electrons. The van der Waals surface area contributed by atoms with Crippen LogP contribution in [-0.2, 0) is 0 Å². The molecule has 0 amide bonds. The molecule has 2 aromatic rings. The van der Waals surface area contributed by atoms with E-state index in [9.17, 15) is 0 Å². The van der Waals surface area contributed by atoms with Crippen LogP contribution in [0.25, 0.3) is 5.82 Å².